The zero-order chi connectivity index (χ0) is 9.54. The van der Waals surface area contributed by atoms with E-state index in [1.165, 1.54) is 29.6 Å². The first-order valence-corrected chi connectivity index (χ1v) is 8.32. The van der Waals surface area contributed by atoms with Gasteiger partial charge in [0, 0.05) is 0 Å². The van der Waals surface area contributed by atoms with E-state index >= 15 is 0 Å². The molecule has 0 aromatic heterocycles. The second kappa shape index (κ2) is 3.78. The maximum Gasteiger partial charge on any atom is -0.0176 e. The molecular weight excluding hydrogens is 187 g/mol. The molecule has 0 radical (unpaired) electrons. The highest BCUT2D eigenvalue weighted by Gasteiger charge is 2.46. The summed E-state index contributed by atoms with van der Waals surface area (Å²) in [5, 5.41) is 0. The summed E-state index contributed by atoms with van der Waals surface area (Å²) in [6.07, 6.45) is 12.7. The number of hydrogen-bond donors (Lipinski definition) is 0. The van der Waals surface area contributed by atoms with Gasteiger partial charge in [0.1, 0.15) is 0 Å². The van der Waals surface area contributed by atoms with Crippen molar-refractivity contribution in [1.29, 1.82) is 0 Å². The van der Waals surface area contributed by atoms with Crippen LogP contribution in [0, 0.1) is 11.8 Å². The lowest BCUT2D eigenvalue weighted by molar-refractivity contribution is 0.119. The van der Waals surface area contributed by atoms with E-state index in [0.29, 0.717) is 7.92 Å². The Morgan fingerprint density at radius 2 is 2.00 bits per heavy atom. The highest BCUT2D eigenvalue weighted by atomic mass is 31.1. The van der Waals surface area contributed by atoms with Crippen LogP contribution < -0.4 is 0 Å². The summed E-state index contributed by atoms with van der Waals surface area (Å²) < 4.78 is 0. The molecule has 80 valence electrons. The van der Waals surface area contributed by atoms with Gasteiger partial charge in [-0.05, 0) is 61.4 Å². The average molecular weight is 210 g/mol. The predicted octanol–water partition coefficient (Wildman–Crippen LogP) is 4.23. The molecule has 0 N–H and O–H groups in total. The summed E-state index contributed by atoms with van der Waals surface area (Å²) in [6, 6.07) is 0. The molecule has 0 nitrogen and oxygen atoms in total. The average Bonchev–Trinajstić information content (AvgIpc) is 2.07. The molecule has 3 rings (SSSR count). The Hall–Kier alpha value is 0.430. The van der Waals surface area contributed by atoms with Gasteiger partial charge in [-0.25, -0.2) is 0 Å². The first-order chi connectivity index (χ1) is 6.90. The molecule has 1 saturated heterocycles. The maximum atomic E-state index is 2.42. The monoisotopic (exact) mass is 210 g/mol. The summed E-state index contributed by atoms with van der Waals surface area (Å²) >= 11 is 0. The standard InChI is InChI=1S/C13H23P/c1-2-11-8-9-14(11)13-5-3-4-10-6-7-12(10)13/h10-13H,2-9H2,1H3/t10?,11-,12?,13-,14?/m0/s1. The van der Waals surface area contributed by atoms with E-state index in [1.807, 2.05) is 0 Å². The van der Waals surface area contributed by atoms with E-state index in [2.05, 4.69) is 6.92 Å². The zero-order valence-corrected chi connectivity index (χ0v) is 10.3. The Morgan fingerprint density at radius 1 is 1.07 bits per heavy atom. The van der Waals surface area contributed by atoms with Crippen LogP contribution in [0.3, 0.4) is 0 Å². The molecule has 1 heterocycles. The topological polar surface area (TPSA) is 0 Å². The highest BCUT2D eigenvalue weighted by molar-refractivity contribution is 7.60. The van der Waals surface area contributed by atoms with Gasteiger partial charge in [0.25, 0.3) is 0 Å². The first-order valence-electron chi connectivity index (χ1n) is 6.66. The second-order valence-corrected chi connectivity index (χ2v) is 8.46. The Balaban J connectivity index is 1.65. The number of hydrogen-bond acceptors (Lipinski definition) is 0. The third-order valence-electron chi connectivity index (χ3n) is 5.13. The predicted molar refractivity (Wildman–Crippen MR) is 64.3 cm³/mol. The summed E-state index contributed by atoms with van der Waals surface area (Å²) in [7, 11) is 0.506. The SMILES string of the molecule is CC[C@H]1CCP1[C@H]1CCCC2CCC21. The normalized spacial score (nSPS) is 51.6. The van der Waals surface area contributed by atoms with Crippen LogP contribution in [-0.2, 0) is 0 Å². The summed E-state index contributed by atoms with van der Waals surface area (Å²) in [6.45, 7) is 2.42. The largest absolute Gasteiger partial charge is 0.100 e. The van der Waals surface area contributed by atoms with Gasteiger partial charge in [-0.2, -0.15) is 0 Å². The van der Waals surface area contributed by atoms with Gasteiger partial charge < -0.3 is 0 Å². The second-order valence-electron chi connectivity index (χ2n) is 5.59. The molecule has 0 aromatic carbocycles. The van der Waals surface area contributed by atoms with Crippen molar-refractivity contribution in [3.8, 4) is 0 Å². The molecule has 1 heteroatoms. The summed E-state index contributed by atoms with van der Waals surface area (Å²) in [5.41, 5.74) is 2.42. The quantitative estimate of drug-likeness (QED) is 0.598. The first kappa shape index (κ1) is 9.64. The molecule has 0 spiro atoms. The van der Waals surface area contributed by atoms with Crippen molar-refractivity contribution in [3.63, 3.8) is 0 Å². The van der Waals surface area contributed by atoms with E-state index in [9.17, 15) is 0 Å². The van der Waals surface area contributed by atoms with E-state index in [1.54, 1.807) is 44.7 Å². The molecule has 0 aromatic rings. The molecule has 3 fully saturated rings. The van der Waals surface area contributed by atoms with E-state index < -0.39 is 0 Å². The number of rotatable bonds is 2. The Morgan fingerprint density at radius 3 is 2.57 bits per heavy atom. The molecule has 3 unspecified atom stereocenters. The van der Waals surface area contributed by atoms with Gasteiger partial charge in [-0.15, -0.1) is 7.92 Å². The van der Waals surface area contributed by atoms with Gasteiger partial charge in [0.2, 0.25) is 0 Å². The Bertz CT molecular complexity index is 211. The van der Waals surface area contributed by atoms with Crippen molar-refractivity contribution in [2.75, 3.05) is 6.16 Å². The van der Waals surface area contributed by atoms with E-state index in [-0.39, 0.29) is 0 Å². The molecule has 0 amide bonds. The molecule has 3 aliphatic rings. The van der Waals surface area contributed by atoms with Gasteiger partial charge >= 0.3 is 0 Å². The fourth-order valence-electron chi connectivity index (χ4n) is 4.01. The van der Waals surface area contributed by atoms with E-state index in [4.69, 9.17) is 0 Å². The van der Waals surface area contributed by atoms with Crippen molar-refractivity contribution in [2.24, 2.45) is 11.8 Å². The Labute approximate surface area is 89.6 Å². The smallest absolute Gasteiger partial charge is 0.0176 e. The summed E-state index contributed by atoms with van der Waals surface area (Å²) in [5.74, 6) is 2.40. The van der Waals surface area contributed by atoms with Crippen LogP contribution in [0.2, 0.25) is 0 Å². The van der Waals surface area contributed by atoms with Crippen molar-refractivity contribution in [2.45, 2.75) is 63.2 Å². The summed E-state index contributed by atoms with van der Waals surface area (Å²) in [4.78, 5) is 0. The fourth-order valence-corrected chi connectivity index (χ4v) is 7.67. The van der Waals surface area contributed by atoms with E-state index in [0.717, 1.165) is 0 Å². The van der Waals surface area contributed by atoms with Gasteiger partial charge in [-0.3, -0.25) is 0 Å². The van der Waals surface area contributed by atoms with Crippen LogP contribution in [-0.4, -0.2) is 17.5 Å². The third kappa shape index (κ3) is 1.37. The fraction of sp³-hybridized carbons (Fsp3) is 1.00. The van der Waals surface area contributed by atoms with Gasteiger partial charge in [0.05, 0.1) is 0 Å². The van der Waals surface area contributed by atoms with Crippen molar-refractivity contribution >= 4 is 7.92 Å². The molecule has 0 bridgehead atoms. The zero-order valence-electron chi connectivity index (χ0n) is 9.41. The molecule has 14 heavy (non-hydrogen) atoms. The molecule has 2 aliphatic carbocycles. The van der Waals surface area contributed by atoms with Crippen molar-refractivity contribution in [1.82, 2.24) is 0 Å². The van der Waals surface area contributed by atoms with Crippen molar-refractivity contribution in [3.05, 3.63) is 0 Å². The minimum Gasteiger partial charge on any atom is -0.100 e. The van der Waals surface area contributed by atoms with Crippen molar-refractivity contribution < 1.29 is 0 Å². The minimum absolute atomic E-state index is 0.506. The molecular formula is C13H23P. The van der Waals surface area contributed by atoms with Crippen LogP contribution in [0.25, 0.3) is 0 Å². The lowest BCUT2D eigenvalue weighted by atomic mass is 9.65. The molecule has 2 saturated carbocycles. The Kier molecular flexibility index (Phi) is 2.60. The van der Waals surface area contributed by atoms with Crippen LogP contribution in [0.5, 0.6) is 0 Å². The molecule has 1 aliphatic heterocycles. The van der Waals surface area contributed by atoms with Crippen LogP contribution in [0.4, 0.5) is 0 Å². The highest BCUT2D eigenvalue weighted by Crippen LogP contribution is 2.65. The third-order valence-corrected chi connectivity index (χ3v) is 8.96. The lowest BCUT2D eigenvalue weighted by Gasteiger charge is -2.53. The van der Waals surface area contributed by atoms with Crippen LogP contribution >= 0.6 is 7.92 Å². The maximum absolute atomic E-state index is 2.42. The van der Waals surface area contributed by atoms with Gasteiger partial charge in [0.15, 0.2) is 0 Å². The van der Waals surface area contributed by atoms with Crippen LogP contribution in [0.15, 0.2) is 0 Å². The minimum atomic E-state index is 0.506. The van der Waals surface area contributed by atoms with Gasteiger partial charge in [-0.1, -0.05) is 19.8 Å². The lowest BCUT2D eigenvalue weighted by Crippen LogP contribution is -2.42. The molecule has 5 atom stereocenters. The number of fused-ring (bicyclic) bond motifs is 1. The van der Waals surface area contributed by atoms with Crippen LogP contribution in [0.1, 0.15) is 51.9 Å².